The molecule has 13 nitrogen and oxygen atoms in total. The Balaban J connectivity index is 2.02. The summed E-state index contributed by atoms with van der Waals surface area (Å²) in [7, 11) is 0. The van der Waals surface area contributed by atoms with Crippen molar-refractivity contribution >= 4 is 35.6 Å². The first kappa shape index (κ1) is 28.1. The van der Waals surface area contributed by atoms with Crippen molar-refractivity contribution in [3.63, 3.8) is 0 Å². The fraction of sp³-hybridized carbons (Fsp3) is 0.522. The van der Waals surface area contributed by atoms with Gasteiger partial charge in [0.05, 0.1) is 0 Å². The number of pyridine rings is 1. The summed E-state index contributed by atoms with van der Waals surface area (Å²) < 4.78 is 24.2. The maximum absolute atomic E-state index is 12.1. The average molecular weight is 536 g/mol. The number of nitrogens with one attached hydrogen (secondary N) is 1. The van der Waals surface area contributed by atoms with Gasteiger partial charge in [-0.05, 0) is 19.1 Å². The molecule has 0 unspecified atom stereocenters. The summed E-state index contributed by atoms with van der Waals surface area (Å²) in [5.74, 6) is -1.73. The molecule has 1 amide bonds. The molecule has 1 N–H and O–H groups in total. The number of carbonyl (C=O) groups is 4. The normalized spacial score (nSPS) is 23.1. The second-order valence-corrected chi connectivity index (χ2v) is 9.19. The van der Waals surface area contributed by atoms with Crippen LogP contribution in [0.1, 0.15) is 34.6 Å². The van der Waals surface area contributed by atoms with Crippen LogP contribution in [-0.2, 0) is 44.7 Å². The van der Waals surface area contributed by atoms with Gasteiger partial charge in [-0.15, -0.1) is 10.2 Å². The van der Waals surface area contributed by atoms with Crippen LogP contribution in [0.25, 0.3) is 11.4 Å². The number of nitrogens with zero attached hydrogens (tertiary/aromatic N) is 4. The summed E-state index contributed by atoms with van der Waals surface area (Å²) in [5.41, 5.74) is -0.0833. The third-order valence-electron chi connectivity index (χ3n) is 5.26. The van der Waals surface area contributed by atoms with Crippen LogP contribution in [0, 0.1) is 0 Å². The Morgan fingerprint density at radius 2 is 1.65 bits per heavy atom. The second-order valence-electron chi connectivity index (χ2n) is 8.12. The first-order valence-corrected chi connectivity index (χ1v) is 12.4. The lowest BCUT2D eigenvalue weighted by Gasteiger charge is -2.44. The molecule has 14 heteroatoms. The predicted molar refractivity (Wildman–Crippen MR) is 129 cm³/mol. The molecule has 1 aliphatic rings. The number of amides is 1. The average Bonchev–Trinajstić information content (AvgIpc) is 3.23. The van der Waals surface area contributed by atoms with Gasteiger partial charge in [0, 0.05) is 52.2 Å². The minimum absolute atomic E-state index is 0.280. The number of hydrogen-bond donors (Lipinski definition) is 1. The van der Waals surface area contributed by atoms with Crippen molar-refractivity contribution in [1.29, 1.82) is 0 Å². The van der Waals surface area contributed by atoms with E-state index in [0.717, 1.165) is 17.3 Å². The zero-order chi connectivity index (χ0) is 27.1. The lowest BCUT2D eigenvalue weighted by Crippen LogP contribution is -2.65. The Hall–Kier alpha value is -3.52. The number of ether oxygens (including phenoxy) is 4. The summed E-state index contributed by atoms with van der Waals surface area (Å²) in [6.45, 7) is 7.07. The molecule has 200 valence electrons. The Bertz CT molecular complexity index is 1130. The van der Waals surface area contributed by atoms with Crippen LogP contribution in [-0.4, -0.2) is 80.0 Å². The minimum Gasteiger partial charge on any atom is -0.463 e. The van der Waals surface area contributed by atoms with Crippen molar-refractivity contribution in [2.45, 2.75) is 76.1 Å². The molecule has 1 aliphatic heterocycles. The number of thioether (sulfide) groups is 1. The van der Waals surface area contributed by atoms with E-state index in [2.05, 4.69) is 20.5 Å². The highest BCUT2D eigenvalue weighted by Gasteiger charge is 2.51. The molecule has 0 aromatic carbocycles. The highest BCUT2D eigenvalue weighted by molar-refractivity contribution is 7.99. The van der Waals surface area contributed by atoms with Gasteiger partial charge in [-0.25, -0.2) is 0 Å². The highest BCUT2D eigenvalue weighted by atomic mass is 32.2. The Morgan fingerprint density at radius 3 is 2.22 bits per heavy atom. The van der Waals surface area contributed by atoms with Crippen molar-refractivity contribution in [1.82, 2.24) is 25.1 Å². The quantitative estimate of drug-likeness (QED) is 0.360. The van der Waals surface area contributed by atoms with E-state index < -0.39 is 53.6 Å². The van der Waals surface area contributed by atoms with Crippen LogP contribution in [0.4, 0.5) is 0 Å². The first-order valence-electron chi connectivity index (χ1n) is 11.5. The molecule has 5 atom stereocenters. The third-order valence-corrected chi connectivity index (χ3v) is 6.41. The van der Waals surface area contributed by atoms with E-state index >= 15 is 0 Å². The smallest absolute Gasteiger partial charge is 0.303 e. The molecule has 1 fully saturated rings. The van der Waals surface area contributed by atoms with Crippen molar-refractivity contribution in [2.75, 3.05) is 6.61 Å². The van der Waals surface area contributed by atoms with Crippen LogP contribution >= 0.6 is 11.8 Å². The third kappa shape index (κ3) is 7.26. The van der Waals surface area contributed by atoms with E-state index in [1.807, 2.05) is 11.5 Å². The molecule has 3 rings (SSSR count). The van der Waals surface area contributed by atoms with Crippen LogP contribution < -0.4 is 5.32 Å². The Morgan fingerprint density at radius 1 is 1.00 bits per heavy atom. The standard InChI is InChI=1S/C23H29N5O8S/c1-6-28-21(16-7-9-24-10-8-16)26-27-23(28)37-22-18(25-12(2)29)20(35-15(5)32)19(34-14(4)31)17(36-22)11-33-13(3)30/h7-10,17-20,22H,6,11H2,1-5H3,(H,25,29)/t17-,18+,19+,20+,22-/m0/s1. The Kier molecular flexibility index (Phi) is 9.58. The Labute approximate surface area is 217 Å². The maximum Gasteiger partial charge on any atom is 0.303 e. The highest BCUT2D eigenvalue weighted by Crippen LogP contribution is 2.36. The first-order chi connectivity index (χ1) is 17.6. The zero-order valence-electron chi connectivity index (χ0n) is 21.1. The number of aromatic nitrogens is 4. The molecule has 2 aromatic rings. The lowest BCUT2D eigenvalue weighted by molar-refractivity contribution is -0.211. The van der Waals surface area contributed by atoms with Crippen molar-refractivity contribution in [3.05, 3.63) is 24.5 Å². The molecule has 0 radical (unpaired) electrons. The van der Waals surface area contributed by atoms with Gasteiger partial charge in [-0.1, -0.05) is 11.8 Å². The molecular weight excluding hydrogens is 506 g/mol. The van der Waals surface area contributed by atoms with E-state index in [0.29, 0.717) is 17.5 Å². The van der Waals surface area contributed by atoms with E-state index in [4.69, 9.17) is 18.9 Å². The van der Waals surface area contributed by atoms with Gasteiger partial charge in [0.2, 0.25) is 5.91 Å². The van der Waals surface area contributed by atoms with Crippen LogP contribution in [0.3, 0.4) is 0 Å². The molecule has 0 spiro atoms. The van der Waals surface area contributed by atoms with E-state index in [1.54, 1.807) is 24.5 Å². The van der Waals surface area contributed by atoms with Crippen LogP contribution in [0.2, 0.25) is 0 Å². The summed E-state index contributed by atoms with van der Waals surface area (Å²) in [5, 5.41) is 11.8. The summed E-state index contributed by atoms with van der Waals surface area (Å²) in [6.07, 6.45) is -0.0170. The van der Waals surface area contributed by atoms with Gasteiger partial charge in [0.1, 0.15) is 24.2 Å². The van der Waals surface area contributed by atoms with Crippen molar-refractivity contribution < 1.29 is 38.1 Å². The van der Waals surface area contributed by atoms with Gasteiger partial charge in [-0.3, -0.25) is 24.2 Å². The number of rotatable bonds is 9. The summed E-state index contributed by atoms with van der Waals surface area (Å²) in [4.78, 5) is 51.6. The summed E-state index contributed by atoms with van der Waals surface area (Å²) >= 11 is 1.14. The van der Waals surface area contributed by atoms with E-state index in [1.165, 1.54) is 27.7 Å². The topological polar surface area (TPSA) is 161 Å². The fourth-order valence-corrected chi connectivity index (χ4v) is 5.08. The number of carbonyl (C=O) groups excluding carboxylic acids is 4. The van der Waals surface area contributed by atoms with Gasteiger partial charge in [-0.2, -0.15) is 0 Å². The maximum atomic E-state index is 12.1. The van der Waals surface area contributed by atoms with Crippen LogP contribution in [0.5, 0.6) is 0 Å². The largest absolute Gasteiger partial charge is 0.463 e. The summed E-state index contributed by atoms with van der Waals surface area (Å²) in [6, 6.07) is 2.66. The second kappa shape index (κ2) is 12.6. The lowest BCUT2D eigenvalue weighted by atomic mass is 9.97. The van der Waals surface area contributed by atoms with E-state index in [-0.39, 0.29) is 6.61 Å². The minimum atomic E-state index is -1.16. The molecule has 1 saturated heterocycles. The fourth-order valence-electron chi connectivity index (χ4n) is 3.87. The molecule has 0 aliphatic carbocycles. The van der Waals surface area contributed by atoms with Crippen molar-refractivity contribution in [2.24, 2.45) is 0 Å². The zero-order valence-corrected chi connectivity index (χ0v) is 21.9. The monoisotopic (exact) mass is 535 g/mol. The number of esters is 3. The van der Waals surface area contributed by atoms with Crippen LogP contribution in [0.15, 0.2) is 29.7 Å². The number of hydrogen-bond acceptors (Lipinski definition) is 12. The molecule has 3 heterocycles. The molecule has 2 aromatic heterocycles. The molecule has 0 bridgehead atoms. The van der Waals surface area contributed by atoms with Gasteiger partial charge < -0.3 is 28.8 Å². The molecular formula is C23H29N5O8S. The molecule has 0 saturated carbocycles. The van der Waals surface area contributed by atoms with Gasteiger partial charge >= 0.3 is 17.9 Å². The SMILES string of the molecule is CCn1c(S[C@@H]2O[C@@H](COC(C)=O)[C@@H](OC(C)=O)[C@H](OC(C)=O)[C@H]2NC(C)=O)nnc1-c1ccncc1. The van der Waals surface area contributed by atoms with Gasteiger partial charge in [0.15, 0.2) is 23.2 Å². The molecule has 37 heavy (non-hydrogen) atoms. The van der Waals surface area contributed by atoms with E-state index in [9.17, 15) is 19.2 Å². The predicted octanol–water partition coefficient (Wildman–Crippen LogP) is 1.11. The van der Waals surface area contributed by atoms with Gasteiger partial charge in [0.25, 0.3) is 0 Å². The van der Waals surface area contributed by atoms with Crippen molar-refractivity contribution in [3.8, 4) is 11.4 Å².